The van der Waals surface area contributed by atoms with Gasteiger partial charge in [0.2, 0.25) is 5.91 Å². The van der Waals surface area contributed by atoms with E-state index in [9.17, 15) is 14.4 Å². The lowest BCUT2D eigenvalue weighted by molar-refractivity contribution is -0.122. The van der Waals surface area contributed by atoms with Crippen molar-refractivity contribution in [3.05, 3.63) is 46.2 Å². The molecule has 1 aliphatic heterocycles. The topological polar surface area (TPSA) is 106 Å². The number of nitrogens with one attached hydrogen (secondary N) is 2. The predicted molar refractivity (Wildman–Crippen MR) is 134 cm³/mol. The van der Waals surface area contributed by atoms with Crippen molar-refractivity contribution in [2.24, 2.45) is 13.0 Å². The number of nitrogens with zero attached hydrogens (tertiary/aromatic N) is 3. The number of aromatic nitrogens is 2. The van der Waals surface area contributed by atoms with E-state index in [1.807, 2.05) is 0 Å². The number of hydrogen-bond acceptors (Lipinski definition) is 5. The van der Waals surface area contributed by atoms with E-state index < -0.39 is 0 Å². The number of aryl methyl sites for hydroxylation is 1. The first-order valence-electron chi connectivity index (χ1n) is 12.0. The molecule has 1 aliphatic rings. The van der Waals surface area contributed by atoms with E-state index in [0.29, 0.717) is 53.9 Å². The summed E-state index contributed by atoms with van der Waals surface area (Å²) in [5.74, 6) is 0.00461. The second-order valence-corrected chi connectivity index (χ2v) is 9.79. The molecule has 0 spiro atoms. The number of fused-ring (bicyclic) bond motifs is 1. The molecule has 3 rings (SSSR count). The van der Waals surface area contributed by atoms with Crippen molar-refractivity contribution >= 4 is 29.3 Å². The Morgan fingerprint density at radius 2 is 2.03 bits per heavy atom. The fourth-order valence-electron chi connectivity index (χ4n) is 3.94. The summed E-state index contributed by atoms with van der Waals surface area (Å²) in [5.41, 5.74) is 1.64. The van der Waals surface area contributed by atoms with Gasteiger partial charge >= 0.3 is 0 Å². The van der Waals surface area contributed by atoms with Gasteiger partial charge in [-0.1, -0.05) is 25.4 Å². The van der Waals surface area contributed by atoms with Gasteiger partial charge < -0.3 is 20.3 Å². The van der Waals surface area contributed by atoms with Gasteiger partial charge in [0, 0.05) is 25.2 Å². The number of rotatable bonds is 3. The molecule has 0 unspecified atom stereocenters. The molecule has 190 valence electrons. The first kappa shape index (κ1) is 26.5. The van der Waals surface area contributed by atoms with Crippen LogP contribution in [0.4, 0.5) is 0 Å². The molecule has 0 fully saturated rings. The molecular weight excluding hydrogens is 470 g/mol. The minimum Gasteiger partial charge on any atom is -0.491 e. The zero-order valence-electron chi connectivity index (χ0n) is 20.8. The molecule has 2 aromatic rings. The summed E-state index contributed by atoms with van der Waals surface area (Å²) in [6, 6.07) is 6.32. The second-order valence-electron chi connectivity index (χ2n) is 9.35. The fourth-order valence-corrected chi connectivity index (χ4v) is 4.11. The normalized spacial score (nSPS) is 18.1. The highest BCUT2D eigenvalue weighted by molar-refractivity contribution is 6.31. The molecule has 0 saturated heterocycles. The number of carbonyl (C=O) groups excluding carboxylic acids is 3. The third kappa shape index (κ3) is 7.45. The maximum absolute atomic E-state index is 13.4. The van der Waals surface area contributed by atoms with Crippen LogP contribution in [0.15, 0.2) is 24.3 Å². The summed E-state index contributed by atoms with van der Waals surface area (Å²) in [6.07, 6.45) is 2.02. The van der Waals surface area contributed by atoms with E-state index in [4.69, 9.17) is 16.3 Å². The molecule has 35 heavy (non-hydrogen) atoms. The Hall–Kier alpha value is -3.07. The predicted octanol–water partition coefficient (Wildman–Crippen LogP) is 2.82. The summed E-state index contributed by atoms with van der Waals surface area (Å²) < 4.78 is 7.39. The highest BCUT2D eigenvalue weighted by atomic mass is 35.5. The number of halogens is 1. The Balaban J connectivity index is 1.76. The van der Waals surface area contributed by atoms with Gasteiger partial charge in [-0.15, -0.1) is 0 Å². The van der Waals surface area contributed by atoms with Crippen LogP contribution in [-0.4, -0.2) is 64.7 Å². The Kier molecular flexibility index (Phi) is 9.14. The SMILES string of the molecule is CC(C)Cc1cc(C(=O)N2CCCCNC(=O)c3cc(Cl)ccc3OC[C@@H](C)NC(=O)C2)n(C)n1. The van der Waals surface area contributed by atoms with E-state index in [-0.39, 0.29) is 36.9 Å². The van der Waals surface area contributed by atoms with E-state index in [2.05, 4.69) is 29.6 Å². The summed E-state index contributed by atoms with van der Waals surface area (Å²) in [6.45, 7) is 6.87. The molecular formula is C25H34ClN5O4. The average Bonchev–Trinajstić information content (AvgIpc) is 3.14. The number of benzene rings is 1. The van der Waals surface area contributed by atoms with Gasteiger partial charge in [0.25, 0.3) is 11.8 Å². The number of ether oxygens (including phenoxy) is 1. The van der Waals surface area contributed by atoms with Crippen molar-refractivity contribution in [3.8, 4) is 5.75 Å². The highest BCUT2D eigenvalue weighted by Crippen LogP contribution is 2.23. The number of amides is 3. The van der Waals surface area contributed by atoms with Gasteiger partial charge in [-0.3, -0.25) is 19.1 Å². The summed E-state index contributed by atoms with van der Waals surface area (Å²) in [4.78, 5) is 40.4. The van der Waals surface area contributed by atoms with Crippen molar-refractivity contribution in [2.45, 2.75) is 46.1 Å². The lowest BCUT2D eigenvalue weighted by Gasteiger charge is -2.23. The van der Waals surface area contributed by atoms with Gasteiger partial charge in [-0.05, 0) is 56.4 Å². The molecule has 9 nitrogen and oxygen atoms in total. The van der Waals surface area contributed by atoms with Crippen LogP contribution in [0, 0.1) is 5.92 Å². The molecule has 0 radical (unpaired) electrons. The van der Waals surface area contributed by atoms with E-state index in [1.54, 1.807) is 42.9 Å². The van der Waals surface area contributed by atoms with E-state index in [0.717, 1.165) is 12.1 Å². The quantitative estimate of drug-likeness (QED) is 0.670. The summed E-state index contributed by atoms with van der Waals surface area (Å²) >= 11 is 6.08. The Morgan fingerprint density at radius 3 is 2.77 bits per heavy atom. The first-order chi connectivity index (χ1) is 16.6. The number of hydrogen-bond donors (Lipinski definition) is 2. The van der Waals surface area contributed by atoms with Crippen molar-refractivity contribution in [1.82, 2.24) is 25.3 Å². The molecule has 10 heteroatoms. The van der Waals surface area contributed by atoms with Crippen molar-refractivity contribution < 1.29 is 19.1 Å². The van der Waals surface area contributed by atoms with Crippen LogP contribution in [0.2, 0.25) is 5.02 Å². The van der Waals surface area contributed by atoms with Gasteiger partial charge in [-0.25, -0.2) is 0 Å². The minimum absolute atomic E-state index is 0.0770. The lowest BCUT2D eigenvalue weighted by atomic mass is 10.1. The van der Waals surface area contributed by atoms with Gasteiger partial charge in [0.15, 0.2) is 0 Å². The zero-order valence-corrected chi connectivity index (χ0v) is 21.5. The van der Waals surface area contributed by atoms with Gasteiger partial charge in [0.05, 0.1) is 23.8 Å². The van der Waals surface area contributed by atoms with Crippen molar-refractivity contribution in [2.75, 3.05) is 26.2 Å². The smallest absolute Gasteiger partial charge is 0.272 e. The van der Waals surface area contributed by atoms with Gasteiger partial charge in [-0.2, -0.15) is 5.10 Å². The maximum Gasteiger partial charge on any atom is 0.272 e. The minimum atomic E-state index is -0.342. The largest absolute Gasteiger partial charge is 0.491 e. The Labute approximate surface area is 211 Å². The zero-order chi connectivity index (χ0) is 25.5. The summed E-state index contributed by atoms with van der Waals surface area (Å²) in [7, 11) is 1.74. The Bertz CT molecular complexity index is 1070. The van der Waals surface area contributed by atoms with Gasteiger partial charge in [0.1, 0.15) is 18.1 Å². The molecule has 2 N–H and O–H groups in total. The molecule has 3 amide bonds. The maximum atomic E-state index is 13.4. The van der Waals surface area contributed by atoms with Crippen LogP contribution in [0.3, 0.4) is 0 Å². The van der Waals surface area contributed by atoms with Crippen molar-refractivity contribution in [3.63, 3.8) is 0 Å². The first-order valence-corrected chi connectivity index (χ1v) is 12.3. The average molecular weight is 504 g/mol. The number of carbonyl (C=O) groups is 3. The molecule has 0 saturated carbocycles. The standard InChI is InChI=1S/C25H34ClN5O4/c1-16(2)11-19-13-21(30(4)29-19)25(34)31-10-6-5-9-27-24(33)20-12-18(26)7-8-22(20)35-15-17(3)28-23(32)14-31/h7-8,12-13,16-17H,5-6,9-11,14-15H2,1-4H3,(H,27,33)(H,28,32)/t17-/m1/s1. The molecule has 1 aromatic carbocycles. The van der Waals surface area contributed by atoms with Crippen LogP contribution >= 0.6 is 11.6 Å². The Morgan fingerprint density at radius 1 is 1.26 bits per heavy atom. The highest BCUT2D eigenvalue weighted by Gasteiger charge is 2.24. The van der Waals surface area contributed by atoms with Crippen LogP contribution in [-0.2, 0) is 18.3 Å². The fraction of sp³-hybridized carbons (Fsp3) is 0.520. The van der Waals surface area contributed by atoms with Crippen LogP contribution in [0.5, 0.6) is 5.75 Å². The molecule has 1 aromatic heterocycles. The third-order valence-corrected chi connectivity index (χ3v) is 5.85. The van der Waals surface area contributed by atoms with Crippen LogP contribution in [0.1, 0.15) is 60.2 Å². The van der Waals surface area contributed by atoms with E-state index >= 15 is 0 Å². The monoisotopic (exact) mass is 503 g/mol. The summed E-state index contributed by atoms with van der Waals surface area (Å²) in [5, 5.41) is 10.7. The lowest BCUT2D eigenvalue weighted by Crippen LogP contribution is -2.45. The molecule has 0 aliphatic carbocycles. The van der Waals surface area contributed by atoms with Crippen LogP contribution in [0.25, 0.3) is 0 Å². The second kappa shape index (κ2) is 12.1. The van der Waals surface area contributed by atoms with Crippen LogP contribution < -0.4 is 15.4 Å². The molecule has 1 atom stereocenters. The molecule has 2 heterocycles. The third-order valence-electron chi connectivity index (χ3n) is 5.61. The van der Waals surface area contributed by atoms with E-state index in [1.165, 1.54) is 4.90 Å². The molecule has 0 bridgehead atoms. The van der Waals surface area contributed by atoms with Crippen molar-refractivity contribution in [1.29, 1.82) is 0 Å².